The topological polar surface area (TPSA) is 48.1 Å². The number of hydrogen-bond acceptors (Lipinski definition) is 2. The van der Waals surface area contributed by atoms with Gasteiger partial charge in [0.15, 0.2) is 0 Å². The second-order valence-electron chi connectivity index (χ2n) is 8.26. The van der Waals surface area contributed by atoms with Crippen LogP contribution in [0.25, 0.3) is 22.2 Å². The van der Waals surface area contributed by atoms with Gasteiger partial charge in [-0.05, 0) is 56.5 Å². The largest absolute Gasteiger partial charge is 0.355 e. The van der Waals surface area contributed by atoms with E-state index in [0.29, 0.717) is 0 Å². The maximum Gasteiger partial charge on any atom is 0.228 e. The third-order valence-corrected chi connectivity index (χ3v) is 6.39. The van der Waals surface area contributed by atoms with Crippen molar-refractivity contribution in [3.63, 3.8) is 0 Å². The highest BCUT2D eigenvalue weighted by Gasteiger charge is 2.32. The summed E-state index contributed by atoms with van der Waals surface area (Å²) in [6.45, 7) is 2.07. The van der Waals surface area contributed by atoms with Crippen LogP contribution in [0.5, 0.6) is 0 Å². The number of likely N-dealkylation sites (tertiary alicyclic amines) is 1. The standard InChI is InChI=1S/C24H27N3O/c28-24(19-8-5-13-27(16-19)21-10-4-11-21)25-20-9-3-7-17(14-20)23-15-18-6-1-2-12-22(18)26-23/h1-3,6-7,9,12,14-15,19,21,26H,4-5,8,10-11,13,16H2,(H,25,28). The fraction of sp³-hybridized carbons (Fsp3) is 0.375. The van der Waals surface area contributed by atoms with Gasteiger partial charge < -0.3 is 10.3 Å². The van der Waals surface area contributed by atoms with Crippen LogP contribution >= 0.6 is 0 Å². The SMILES string of the molecule is O=C(Nc1cccc(-c2cc3ccccc3[nH]2)c1)C1CCCN(C2CCC2)C1. The van der Waals surface area contributed by atoms with E-state index in [1.165, 1.54) is 24.6 Å². The molecule has 1 saturated heterocycles. The number of carbonyl (C=O) groups is 1. The van der Waals surface area contributed by atoms with E-state index in [2.05, 4.69) is 45.5 Å². The molecule has 2 N–H and O–H groups in total. The van der Waals surface area contributed by atoms with Crippen LogP contribution in [0.15, 0.2) is 54.6 Å². The average molecular weight is 374 g/mol. The van der Waals surface area contributed by atoms with Gasteiger partial charge in [-0.15, -0.1) is 0 Å². The van der Waals surface area contributed by atoms with E-state index >= 15 is 0 Å². The molecular weight excluding hydrogens is 346 g/mol. The Bertz CT molecular complexity index is 955. The van der Waals surface area contributed by atoms with Crippen LogP contribution in [0.2, 0.25) is 0 Å². The van der Waals surface area contributed by atoms with Crippen molar-refractivity contribution in [3.05, 3.63) is 54.6 Å². The number of rotatable bonds is 4. The zero-order chi connectivity index (χ0) is 18.9. The number of aromatic amines is 1. The fourth-order valence-corrected chi connectivity index (χ4v) is 4.54. The lowest BCUT2D eigenvalue weighted by molar-refractivity contribution is -0.122. The molecule has 1 aromatic heterocycles. The van der Waals surface area contributed by atoms with Gasteiger partial charge in [-0.2, -0.15) is 0 Å². The third-order valence-electron chi connectivity index (χ3n) is 6.39. The van der Waals surface area contributed by atoms with E-state index in [-0.39, 0.29) is 11.8 Å². The van der Waals surface area contributed by atoms with Gasteiger partial charge in [-0.3, -0.25) is 9.69 Å². The van der Waals surface area contributed by atoms with Crippen molar-refractivity contribution in [2.75, 3.05) is 18.4 Å². The molecule has 0 bridgehead atoms. The Labute approximate surface area is 165 Å². The molecule has 1 aliphatic carbocycles. The molecule has 4 nitrogen and oxygen atoms in total. The van der Waals surface area contributed by atoms with Gasteiger partial charge in [0.25, 0.3) is 0 Å². The number of carbonyl (C=O) groups excluding carboxylic acids is 1. The summed E-state index contributed by atoms with van der Waals surface area (Å²) in [6.07, 6.45) is 6.08. The maximum atomic E-state index is 12.9. The van der Waals surface area contributed by atoms with E-state index in [4.69, 9.17) is 0 Å². The molecule has 1 aliphatic heterocycles. The molecule has 144 valence electrons. The number of anilines is 1. The zero-order valence-electron chi connectivity index (χ0n) is 16.2. The average Bonchev–Trinajstić information content (AvgIpc) is 3.11. The van der Waals surface area contributed by atoms with Crippen molar-refractivity contribution in [2.45, 2.75) is 38.1 Å². The van der Waals surface area contributed by atoms with Gasteiger partial charge in [0.1, 0.15) is 0 Å². The Kier molecular flexibility index (Phi) is 4.65. The predicted octanol–water partition coefficient (Wildman–Crippen LogP) is 5.04. The lowest BCUT2D eigenvalue weighted by atomic mass is 9.87. The van der Waals surface area contributed by atoms with Crippen molar-refractivity contribution < 1.29 is 4.79 Å². The summed E-state index contributed by atoms with van der Waals surface area (Å²) >= 11 is 0. The summed E-state index contributed by atoms with van der Waals surface area (Å²) in [5.41, 5.74) is 4.17. The number of nitrogens with zero attached hydrogens (tertiary/aromatic N) is 1. The molecule has 1 unspecified atom stereocenters. The van der Waals surface area contributed by atoms with E-state index < -0.39 is 0 Å². The molecule has 1 atom stereocenters. The van der Waals surface area contributed by atoms with E-state index in [0.717, 1.165) is 54.4 Å². The molecular formula is C24H27N3O. The summed E-state index contributed by atoms with van der Waals surface area (Å²) in [6, 6.07) is 19.3. The molecule has 4 heteroatoms. The maximum absolute atomic E-state index is 12.9. The summed E-state index contributed by atoms with van der Waals surface area (Å²) < 4.78 is 0. The minimum Gasteiger partial charge on any atom is -0.355 e. The summed E-state index contributed by atoms with van der Waals surface area (Å²) in [4.78, 5) is 18.9. The first-order valence-electron chi connectivity index (χ1n) is 10.5. The van der Waals surface area contributed by atoms with E-state index in [9.17, 15) is 4.79 Å². The number of piperidine rings is 1. The number of amides is 1. The number of benzene rings is 2. The van der Waals surface area contributed by atoms with Crippen molar-refractivity contribution >= 4 is 22.5 Å². The molecule has 1 amide bonds. The van der Waals surface area contributed by atoms with Crippen LogP contribution < -0.4 is 5.32 Å². The second-order valence-corrected chi connectivity index (χ2v) is 8.26. The monoisotopic (exact) mass is 373 g/mol. The Balaban J connectivity index is 1.30. The number of nitrogens with one attached hydrogen (secondary N) is 2. The molecule has 28 heavy (non-hydrogen) atoms. The molecule has 0 radical (unpaired) electrons. The van der Waals surface area contributed by atoms with Crippen molar-refractivity contribution in [3.8, 4) is 11.3 Å². The lowest BCUT2D eigenvalue weighted by Crippen LogP contribution is -2.48. The first-order chi connectivity index (χ1) is 13.8. The predicted molar refractivity (Wildman–Crippen MR) is 114 cm³/mol. The Morgan fingerprint density at radius 2 is 1.89 bits per heavy atom. The van der Waals surface area contributed by atoms with Gasteiger partial charge >= 0.3 is 0 Å². The highest BCUT2D eigenvalue weighted by atomic mass is 16.1. The van der Waals surface area contributed by atoms with E-state index in [1.54, 1.807) is 0 Å². The summed E-state index contributed by atoms with van der Waals surface area (Å²) in [5.74, 6) is 0.268. The van der Waals surface area contributed by atoms with Gasteiger partial charge in [0.2, 0.25) is 5.91 Å². The van der Waals surface area contributed by atoms with Crippen LogP contribution in [-0.4, -0.2) is 34.9 Å². The zero-order valence-corrected chi connectivity index (χ0v) is 16.2. The quantitative estimate of drug-likeness (QED) is 0.673. The van der Waals surface area contributed by atoms with E-state index in [1.807, 2.05) is 24.3 Å². The molecule has 0 spiro atoms. The minimum atomic E-state index is 0.103. The third kappa shape index (κ3) is 3.45. The molecule has 3 aromatic rings. The smallest absolute Gasteiger partial charge is 0.228 e. The van der Waals surface area contributed by atoms with Gasteiger partial charge in [-0.1, -0.05) is 36.8 Å². The molecule has 1 saturated carbocycles. The number of aromatic nitrogens is 1. The van der Waals surface area contributed by atoms with Crippen molar-refractivity contribution in [1.29, 1.82) is 0 Å². The molecule has 5 rings (SSSR count). The summed E-state index contributed by atoms with van der Waals surface area (Å²) in [5, 5.41) is 4.37. The number of hydrogen-bond donors (Lipinski definition) is 2. The number of fused-ring (bicyclic) bond motifs is 1. The van der Waals surface area contributed by atoms with Gasteiger partial charge in [-0.25, -0.2) is 0 Å². The number of H-pyrrole nitrogens is 1. The van der Waals surface area contributed by atoms with Crippen LogP contribution in [0.3, 0.4) is 0 Å². The van der Waals surface area contributed by atoms with Crippen molar-refractivity contribution in [2.24, 2.45) is 5.92 Å². The minimum absolute atomic E-state index is 0.103. The second kappa shape index (κ2) is 7.44. The Morgan fingerprint density at radius 3 is 2.71 bits per heavy atom. The van der Waals surface area contributed by atoms with Crippen LogP contribution in [0.4, 0.5) is 5.69 Å². The first kappa shape index (κ1) is 17.5. The molecule has 2 aliphatic rings. The normalized spacial score (nSPS) is 20.8. The summed E-state index contributed by atoms with van der Waals surface area (Å²) in [7, 11) is 0. The fourth-order valence-electron chi connectivity index (χ4n) is 4.54. The molecule has 2 aromatic carbocycles. The van der Waals surface area contributed by atoms with Gasteiger partial charge in [0, 0.05) is 40.4 Å². The van der Waals surface area contributed by atoms with Gasteiger partial charge in [0.05, 0.1) is 5.92 Å². The Hall–Kier alpha value is -2.59. The van der Waals surface area contributed by atoms with Crippen molar-refractivity contribution in [1.82, 2.24) is 9.88 Å². The van der Waals surface area contributed by atoms with Crippen LogP contribution in [0, 0.1) is 5.92 Å². The first-order valence-corrected chi connectivity index (χ1v) is 10.5. The van der Waals surface area contributed by atoms with Crippen LogP contribution in [0.1, 0.15) is 32.1 Å². The lowest BCUT2D eigenvalue weighted by Gasteiger charge is -2.42. The highest BCUT2D eigenvalue weighted by Crippen LogP contribution is 2.30. The van der Waals surface area contributed by atoms with Crippen LogP contribution in [-0.2, 0) is 4.79 Å². The molecule has 2 heterocycles. The Morgan fingerprint density at radius 1 is 1.00 bits per heavy atom. The number of para-hydroxylation sites is 1. The molecule has 2 fully saturated rings. The highest BCUT2D eigenvalue weighted by molar-refractivity contribution is 5.94.